The van der Waals surface area contributed by atoms with Crippen molar-refractivity contribution in [2.24, 2.45) is 0 Å². The van der Waals surface area contributed by atoms with Gasteiger partial charge in [-0.05, 0) is 25.7 Å². The van der Waals surface area contributed by atoms with Gasteiger partial charge < -0.3 is 15.3 Å². The second-order valence-electron chi connectivity index (χ2n) is 4.00. The van der Waals surface area contributed by atoms with Gasteiger partial charge in [0.2, 0.25) is 0 Å². The predicted molar refractivity (Wildman–Crippen MR) is 55.7 cm³/mol. The molecular formula is C10H18N2O3. The van der Waals surface area contributed by atoms with E-state index in [1.165, 1.54) is 6.42 Å². The summed E-state index contributed by atoms with van der Waals surface area (Å²) in [5, 5.41) is 11.3. The summed E-state index contributed by atoms with van der Waals surface area (Å²) in [6.45, 7) is 0.491. The number of carbonyl (C=O) groups is 2. The first kappa shape index (κ1) is 11.8. The maximum absolute atomic E-state index is 11.5. The Labute approximate surface area is 89.4 Å². The summed E-state index contributed by atoms with van der Waals surface area (Å²) in [4.78, 5) is 23.3. The molecule has 1 aliphatic rings. The molecular weight excluding hydrogens is 196 g/mol. The van der Waals surface area contributed by atoms with Gasteiger partial charge in [-0.3, -0.25) is 4.79 Å². The summed E-state index contributed by atoms with van der Waals surface area (Å²) >= 11 is 0. The molecule has 0 spiro atoms. The third-order valence-electron chi connectivity index (χ3n) is 2.66. The van der Waals surface area contributed by atoms with E-state index in [1.807, 2.05) is 0 Å². The summed E-state index contributed by atoms with van der Waals surface area (Å²) in [5.41, 5.74) is 0. The van der Waals surface area contributed by atoms with Gasteiger partial charge in [0.15, 0.2) is 0 Å². The van der Waals surface area contributed by atoms with Crippen LogP contribution in [0.2, 0.25) is 0 Å². The monoisotopic (exact) mass is 214 g/mol. The van der Waals surface area contributed by atoms with Gasteiger partial charge in [-0.1, -0.05) is 0 Å². The van der Waals surface area contributed by atoms with Gasteiger partial charge >= 0.3 is 12.0 Å². The van der Waals surface area contributed by atoms with Crippen molar-refractivity contribution in [1.82, 2.24) is 10.2 Å². The average Bonchev–Trinajstić information content (AvgIpc) is 2.10. The molecule has 1 rings (SSSR count). The zero-order valence-corrected chi connectivity index (χ0v) is 9.03. The summed E-state index contributed by atoms with van der Waals surface area (Å²) in [7, 11) is 1.69. The van der Waals surface area contributed by atoms with Crippen molar-refractivity contribution in [1.29, 1.82) is 0 Å². The molecule has 0 bridgehead atoms. The van der Waals surface area contributed by atoms with Crippen molar-refractivity contribution < 1.29 is 14.7 Å². The normalized spacial score (nSPS) is 15.5. The fourth-order valence-electron chi connectivity index (χ4n) is 1.41. The number of nitrogens with zero attached hydrogens (tertiary/aromatic N) is 1. The van der Waals surface area contributed by atoms with Crippen LogP contribution in [0, 0.1) is 0 Å². The Morgan fingerprint density at radius 3 is 2.60 bits per heavy atom. The lowest BCUT2D eigenvalue weighted by Crippen LogP contribution is -2.46. The lowest BCUT2D eigenvalue weighted by Gasteiger charge is -2.29. The van der Waals surface area contributed by atoms with E-state index in [2.05, 4.69) is 5.32 Å². The van der Waals surface area contributed by atoms with Gasteiger partial charge in [0.25, 0.3) is 0 Å². The van der Waals surface area contributed by atoms with E-state index in [4.69, 9.17) is 5.11 Å². The zero-order chi connectivity index (χ0) is 11.3. The van der Waals surface area contributed by atoms with Crippen molar-refractivity contribution in [3.63, 3.8) is 0 Å². The molecule has 0 radical (unpaired) electrons. The van der Waals surface area contributed by atoms with Crippen LogP contribution in [0.3, 0.4) is 0 Å². The number of rotatable bonds is 5. The minimum atomic E-state index is -0.817. The SMILES string of the molecule is CN(CCCC(=O)O)C(=O)NC1CCC1. The third kappa shape index (κ3) is 4.18. The van der Waals surface area contributed by atoms with Gasteiger partial charge in [-0.15, -0.1) is 0 Å². The van der Waals surface area contributed by atoms with Crippen molar-refractivity contribution >= 4 is 12.0 Å². The van der Waals surface area contributed by atoms with E-state index in [-0.39, 0.29) is 12.5 Å². The summed E-state index contributed by atoms with van der Waals surface area (Å²) in [5.74, 6) is -0.817. The first-order chi connectivity index (χ1) is 7.09. The fraction of sp³-hybridized carbons (Fsp3) is 0.800. The molecule has 15 heavy (non-hydrogen) atoms. The van der Waals surface area contributed by atoms with E-state index < -0.39 is 5.97 Å². The molecule has 0 aromatic rings. The molecule has 5 heteroatoms. The van der Waals surface area contributed by atoms with Crippen molar-refractivity contribution in [3.8, 4) is 0 Å². The Morgan fingerprint density at radius 1 is 1.47 bits per heavy atom. The molecule has 1 saturated carbocycles. The Balaban J connectivity index is 2.11. The number of carbonyl (C=O) groups excluding carboxylic acids is 1. The summed E-state index contributed by atoms with van der Waals surface area (Å²) in [6.07, 6.45) is 3.93. The quantitative estimate of drug-likeness (QED) is 0.718. The maximum Gasteiger partial charge on any atom is 0.317 e. The van der Waals surface area contributed by atoms with Crippen molar-refractivity contribution in [2.75, 3.05) is 13.6 Å². The first-order valence-electron chi connectivity index (χ1n) is 5.33. The number of amides is 2. The molecule has 5 nitrogen and oxygen atoms in total. The highest BCUT2D eigenvalue weighted by atomic mass is 16.4. The van der Waals surface area contributed by atoms with Gasteiger partial charge in [-0.25, -0.2) is 4.79 Å². The number of nitrogens with one attached hydrogen (secondary N) is 1. The van der Waals surface area contributed by atoms with Crippen LogP contribution in [-0.4, -0.2) is 41.6 Å². The molecule has 0 aromatic heterocycles. The highest BCUT2D eigenvalue weighted by Crippen LogP contribution is 2.18. The van der Waals surface area contributed by atoms with Gasteiger partial charge in [0.1, 0.15) is 0 Å². The molecule has 0 aliphatic heterocycles. The lowest BCUT2D eigenvalue weighted by atomic mass is 9.93. The molecule has 1 fully saturated rings. The van der Waals surface area contributed by atoms with E-state index in [9.17, 15) is 9.59 Å². The van der Waals surface area contributed by atoms with Crippen LogP contribution in [0.5, 0.6) is 0 Å². The topological polar surface area (TPSA) is 69.6 Å². The number of urea groups is 1. The van der Waals surface area contributed by atoms with Crippen LogP contribution >= 0.6 is 0 Å². The van der Waals surface area contributed by atoms with Crippen molar-refractivity contribution in [3.05, 3.63) is 0 Å². The number of carboxylic acid groups (broad SMARTS) is 1. The molecule has 0 atom stereocenters. The summed E-state index contributed by atoms with van der Waals surface area (Å²) < 4.78 is 0. The molecule has 1 aliphatic carbocycles. The standard InChI is InChI=1S/C10H18N2O3/c1-12(7-3-6-9(13)14)10(15)11-8-4-2-5-8/h8H,2-7H2,1H3,(H,11,15)(H,13,14). The largest absolute Gasteiger partial charge is 0.481 e. The highest BCUT2D eigenvalue weighted by Gasteiger charge is 2.20. The van der Waals surface area contributed by atoms with Crippen LogP contribution in [0.1, 0.15) is 32.1 Å². The molecule has 2 amide bonds. The Bertz CT molecular complexity index is 239. The molecule has 0 saturated heterocycles. The molecule has 0 heterocycles. The van der Waals surface area contributed by atoms with Crippen LogP contribution in [0.25, 0.3) is 0 Å². The Morgan fingerprint density at radius 2 is 2.13 bits per heavy atom. The number of aliphatic carboxylic acids is 1. The predicted octanol–water partition coefficient (Wildman–Crippen LogP) is 1.05. The van der Waals surface area contributed by atoms with Gasteiger partial charge in [-0.2, -0.15) is 0 Å². The molecule has 86 valence electrons. The van der Waals surface area contributed by atoms with Crippen LogP contribution < -0.4 is 5.32 Å². The van der Waals surface area contributed by atoms with E-state index in [0.717, 1.165) is 12.8 Å². The number of hydrogen-bond acceptors (Lipinski definition) is 2. The van der Waals surface area contributed by atoms with Crippen LogP contribution in [0.15, 0.2) is 0 Å². The molecule has 0 unspecified atom stereocenters. The maximum atomic E-state index is 11.5. The second kappa shape index (κ2) is 5.58. The Kier molecular flexibility index (Phi) is 4.39. The summed E-state index contributed by atoms with van der Waals surface area (Å²) in [6, 6.07) is 0.240. The highest BCUT2D eigenvalue weighted by molar-refractivity contribution is 5.74. The van der Waals surface area contributed by atoms with Crippen LogP contribution in [-0.2, 0) is 4.79 Å². The second-order valence-corrected chi connectivity index (χ2v) is 4.00. The number of carboxylic acids is 1. The lowest BCUT2D eigenvalue weighted by molar-refractivity contribution is -0.137. The van der Waals surface area contributed by atoms with Crippen molar-refractivity contribution in [2.45, 2.75) is 38.1 Å². The minimum Gasteiger partial charge on any atom is -0.481 e. The zero-order valence-electron chi connectivity index (χ0n) is 9.03. The van der Waals surface area contributed by atoms with E-state index in [0.29, 0.717) is 19.0 Å². The van der Waals surface area contributed by atoms with Crippen LogP contribution in [0.4, 0.5) is 4.79 Å². The van der Waals surface area contributed by atoms with Gasteiger partial charge in [0, 0.05) is 26.1 Å². The number of hydrogen-bond donors (Lipinski definition) is 2. The third-order valence-corrected chi connectivity index (χ3v) is 2.66. The average molecular weight is 214 g/mol. The Hall–Kier alpha value is -1.26. The first-order valence-corrected chi connectivity index (χ1v) is 5.33. The molecule has 2 N–H and O–H groups in total. The fourth-order valence-corrected chi connectivity index (χ4v) is 1.41. The van der Waals surface area contributed by atoms with Gasteiger partial charge in [0.05, 0.1) is 0 Å². The van der Waals surface area contributed by atoms with E-state index in [1.54, 1.807) is 11.9 Å². The van der Waals surface area contributed by atoms with E-state index >= 15 is 0 Å². The smallest absolute Gasteiger partial charge is 0.317 e. The molecule has 0 aromatic carbocycles. The minimum absolute atomic E-state index is 0.0925.